The van der Waals surface area contributed by atoms with Crippen LogP contribution in [0.3, 0.4) is 0 Å². The summed E-state index contributed by atoms with van der Waals surface area (Å²) < 4.78 is 1.57. The molecule has 0 amide bonds. The van der Waals surface area contributed by atoms with Crippen LogP contribution in [0, 0.1) is 6.92 Å². The fourth-order valence-corrected chi connectivity index (χ4v) is 1.91. The van der Waals surface area contributed by atoms with Gasteiger partial charge in [-0.15, -0.1) is 0 Å². The van der Waals surface area contributed by atoms with Crippen LogP contribution in [0.15, 0.2) is 18.3 Å². The Morgan fingerprint density at radius 3 is 2.47 bits per heavy atom. The number of hydrogen-bond donors (Lipinski definition) is 0. The highest BCUT2D eigenvalue weighted by molar-refractivity contribution is 6.35. The Labute approximate surface area is 102 Å². The van der Waals surface area contributed by atoms with Gasteiger partial charge in [0.05, 0.1) is 10.0 Å². The lowest BCUT2D eigenvalue weighted by Gasteiger charge is -2.04. The van der Waals surface area contributed by atoms with E-state index in [2.05, 4.69) is 10.1 Å². The topological polar surface area (TPSA) is 30.7 Å². The zero-order valence-electron chi connectivity index (χ0n) is 7.71. The van der Waals surface area contributed by atoms with Crippen LogP contribution in [0.1, 0.15) is 5.69 Å². The van der Waals surface area contributed by atoms with E-state index < -0.39 is 0 Å². The highest BCUT2D eigenvalue weighted by Crippen LogP contribution is 2.23. The largest absolute Gasteiger partial charge is 0.234 e. The minimum Gasteiger partial charge on any atom is -0.234 e. The van der Waals surface area contributed by atoms with Crippen LogP contribution in [0.4, 0.5) is 0 Å². The van der Waals surface area contributed by atoms with Gasteiger partial charge in [0.15, 0.2) is 11.0 Å². The number of aromatic nitrogens is 3. The summed E-state index contributed by atoms with van der Waals surface area (Å²) in [5.41, 5.74) is 0.858. The summed E-state index contributed by atoms with van der Waals surface area (Å²) in [6.07, 6.45) is 1.51. The van der Waals surface area contributed by atoms with Crippen LogP contribution in [-0.2, 0) is 0 Å². The molecule has 0 radical (unpaired) electrons. The van der Waals surface area contributed by atoms with Gasteiger partial charge in [0.1, 0.15) is 0 Å². The Hall–Kier alpha value is -0.770. The zero-order chi connectivity index (χ0) is 11.0. The number of halogens is 3. The van der Waals surface area contributed by atoms with Crippen molar-refractivity contribution < 1.29 is 0 Å². The molecule has 2 rings (SSSR count). The molecule has 6 heteroatoms. The van der Waals surface area contributed by atoms with Crippen molar-refractivity contribution in [3.05, 3.63) is 39.2 Å². The highest BCUT2D eigenvalue weighted by Gasteiger charge is 2.10. The Bertz CT molecular complexity index is 507. The van der Waals surface area contributed by atoms with Crippen LogP contribution in [0.2, 0.25) is 15.2 Å². The fraction of sp³-hybridized carbons (Fsp3) is 0.111. The van der Waals surface area contributed by atoms with Crippen LogP contribution in [-0.4, -0.2) is 14.8 Å². The maximum absolute atomic E-state index is 5.99. The quantitative estimate of drug-likeness (QED) is 0.787. The third-order valence-electron chi connectivity index (χ3n) is 1.85. The van der Waals surface area contributed by atoms with Crippen molar-refractivity contribution >= 4 is 34.8 Å². The Kier molecular flexibility index (Phi) is 2.87. The summed E-state index contributed by atoms with van der Waals surface area (Å²) in [6.45, 7) is 1.87. The maximum atomic E-state index is 5.99. The number of nitrogens with zero attached hydrogens (tertiary/aromatic N) is 3. The fourth-order valence-electron chi connectivity index (χ4n) is 1.21. The second-order valence-corrected chi connectivity index (χ2v) is 4.21. The molecule has 0 aliphatic heterocycles. The smallest absolute Gasteiger partial charge is 0.172 e. The average molecular weight is 263 g/mol. The molecule has 0 spiro atoms. The normalized spacial score (nSPS) is 10.7. The minimum absolute atomic E-state index is 0.403. The van der Waals surface area contributed by atoms with Crippen molar-refractivity contribution in [1.82, 2.24) is 14.8 Å². The van der Waals surface area contributed by atoms with Crippen LogP contribution in [0.25, 0.3) is 5.82 Å². The van der Waals surface area contributed by atoms with E-state index in [1.165, 1.54) is 6.20 Å². The van der Waals surface area contributed by atoms with E-state index in [0.29, 0.717) is 21.0 Å². The van der Waals surface area contributed by atoms with Gasteiger partial charge in [-0.2, -0.15) is 5.10 Å². The molecule has 0 fully saturated rings. The first kappa shape index (κ1) is 10.7. The summed E-state index contributed by atoms with van der Waals surface area (Å²) in [5.74, 6) is 0.519. The van der Waals surface area contributed by atoms with E-state index in [1.54, 1.807) is 16.8 Å². The van der Waals surface area contributed by atoms with Crippen molar-refractivity contribution in [1.29, 1.82) is 0 Å². The average Bonchev–Trinajstić information content (AvgIpc) is 2.45. The Morgan fingerprint density at radius 1 is 1.20 bits per heavy atom. The summed E-state index contributed by atoms with van der Waals surface area (Å²) in [5, 5.41) is 5.39. The molecule has 0 saturated heterocycles. The van der Waals surface area contributed by atoms with Crippen LogP contribution >= 0.6 is 34.8 Å². The van der Waals surface area contributed by atoms with Gasteiger partial charge in [-0.1, -0.05) is 34.8 Å². The third-order valence-corrected chi connectivity index (χ3v) is 2.52. The van der Waals surface area contributed by atoms with Gasteiger partial charge < -0.3 is 0 Å². The molecule has 3 nitrogen and oxygen atoms in total. The molecule has 78 valence electrons. The molecule has 2 aromatic heterocycles. The number of hydrogen-bond acceptors (Lipinski definition) is 2. The van der Waals surface area contributed by atoms with Gasteiger partial charge in [-0.05, 0) is 19.1 Å². The lowest BCUT2D eigenvalue weighted by molar-refractivity contribution is 0.818. The van der Waals surface area contributed by atoms with Crippen LogP contribution < -0.4 is 0 Å². The van der Waals surface area contributed by atoms with Crippen molar-refractivity contribution in [2.24, 2.45) is 0 Å². The molecular weight excluding hydrogens is 256 g/mol. The lowest BCUT2D eigenvalue weighted by atomic mass is 10.4. The molecule has 0 unspecified atom stereocenters. The molecule has 0 atom stereocenters. The minimum atomic E-state index is 0.403. The zero-order valence-corrected chi connectivity index (χ0v) is 9.98. The summed E-state index contributed by atoms with van der Waals surface area (Å²) in [6, 6.07) is 3.34. The van der Waals surface area contributed by atoms with Crippen molar-refractivity contribution in [3.63, 3.8) is 0 Å². The predicted octanol–water partition coefficient (Wildman–Crippen LogP) is 3.54. The molecule has 0 aliphatic rings. The number of pyridine rings is 1. The van der Waals surface area contributed by atoms with Crippen molar-refractivity contribution in [2.75, 3.05) is 0 Å². The molecule has 0 N–H and O–H groups in total. The SMILES string of the molecule is Cc1cc(Cl)nn1-c1ncc(Cl)cc1Cl. The lowest BCUT2D eigenvalue weighted by Crippen LogP contribution is -2.02. The summed E-state index contributed by atoms with van der Waals surface area (Å²) in [4.78, 5) is 4.10. The standard InChI is InChI=1S/C9H6Cl3N3/c1-5-2-8(12)14-15(5)9-7(11)3-6(10)4-13-9/h2-4H,1H3. The van der Waals surface area contributed by atoms with E-state index in [-0.39, 0.29) is 0 Å². The highest BCUT2D eigenvalue weighted by atomic mass is 35.5. The molecule has 15 heavy (non-hydrogen) atoms. The van der Waals surface area contributed by atoms with Gasteiger partial charge in [-0.3, -0.25) is 0 Å². The third kappa shape index (κ3) is 2.09. The van der Waals surface area contributed by atoms with Gasteiger partial charge in [0.2, 0.25) is 0 Å². The molecule has 0 saturated carbocycles. The van der Waals surface area contributed by atoms with Crippen molar-refractivity contribution in [3.8, 4) is 5.82 Å². The van der Waals surface area contributed by atoms with E-state index >= 15 is 0 Å². The Balaban J connectivity index is 2.59. The van der Waals surface area contributed by atoms with Gasteiger partial charge in [0, 0.05) is 11.9 Å². The Morgan fingerprint density at radius 2 is 1.93 bits per heavy atom. The second kappa shape index (κ2) is 4.00. The molecule has 0 aliphatic carbocycles. The van der Waals surface area contributed by atoms with Gasteiger partial charge in [0.25, 0.3) is 0 Å². The molecular formula is C9H6Cl3N3. The first-order valence-electron chi connectivity index (χ1n) is 4.11. The number of aryl methyl sites for hydroxylation is 1. The van der Waals surface area contributed by atoms with Crippen molar-refractivity contribution in [2.45, 2.75) is 6.92 Å². The maximum Gasteiger partial charge on any atom is 0.172 e. The van der Waals surface area contributed by atoms with E-state index in [0.717, 1.165) is 5.69 Å². The first-order chi connectivity index (χ1) is 7.08. The molecule has 2 heterocycles. The summed E-state index contributed by atoms with van der Waals surface area (Å²) >= 11 is 17.5. The van der Waals surface area contributed by atoms with E-state index in [9.17, 15) is 0 Å². The van der Waals surface area contributed by atoms with Gasteiger partial charge >= 0.3 is 0 Å². The summed E-state index contributed by atoms with van der Waals surface area (Å²) in [7, 11) is 0. The van der Waals surface area contributed by atoms with Crippen LogP contribution in [0.5, 0.6) is 0 Å². The number of rotatable bonds is 1. The van der Waals surface area contributed by atoms with E-state index in [1.807, 2.05) is 6.92 Å². The van der Waals surface area contributed by atoms with E-state index in [4.69, 9.17) is 34.8 Å². The monoisotopic (exact) mass is 261 g/mol. The second-order valence-electron chi connectivity index (χ2n) is 2.98. The molecule has 2 aromatic rings. The molecule has 0 aromatic carbocycles. The molecule has 0 bridgehead atoms. The van der Waals surface area contributed by atoms with Gasteiger partial charge in [-0.25, -0.2) is 9.67 Å². The first-order valence-corrected chi connectivity index (χ1v) is 5.25. The predicted molar refractivity (Wildman–Crippen MR) is 61.1 cm³/mol.